The molecule has 0 saturated carbocycles. The topological polar surface area (TPSA) is 37.3 Å². The predicted molar refractivity (Wildman–Crippen MR) is 143 cm³/mol. The number of hydrogen-bond donors (Lipinski definition) is 1. The molecule has 0 saturated heterocycles. The number of thiophene rings is 5. The van der Waals surface area contributed by atoms with Gasteiger partial charge in [0.15, 0.2) is 0 Å². The Balaban J connectivity index is 1.52. The van der Waals surface area contributed by atoms with Crippen LogP contribution in [0.1, 0.15) is 20.9 Å². The molecule has 0 radical (unpaired) electrons. The molecule has 2 nitrogen and oxygen atoms in total. The summed E-state index contributed by atoms with van der Waals surface area (Å²) in [6.45, 7) is 6.41. The van der Waals surface area contributed by atoms with Gasteiger partial charge < -0.3 is 5.11 Å². The van der Waals surface area contributed by atoms with Crippen LogP contribution in [-0.2, 0) is 11.2 Å². The highest BCUT2D eigenvalue weighted by Gasteiger charge is 2.19. The SMILES string of the molecule is Cc1ccc(-c2cc(C)c(-c3ccc(-c4sc(-c5ccc(C)s5)cc4CC(=O)O)s3)s2)s1. The Morgan fingerprint density at radius 2 is 1.19 bits per heavy atom. The van der Waals surface area contributed by atoms with Crippen LogP contribution in [0, 0.1) is 20.8 Å². The number of rotatable bonds is 6. The van der Waals surface area contributed by atoms with Crippen molar-refractivity contribution in [2.45, 2.75) is 27.2 Å². The molecule has 0 aliphatic carbocycles. The first kappa shape index (κ1) is 21.8. The van der Waals surface area contributed by atoms with Crippen LogP contribution in [-0.4, -0.2) is 11.1 Å². The summed E-state index contributed by atoms with van der Waals surface area (Å²) in [5.41, 5.74) is 2.19. The van der Waals surface area contributed by atoms with Gasteiger partial charge in [-0.3, -0.25) is 4.79 Å². The Hall–Kier alpha value is -2.03. The summed E-state index contributed by atoms with van der Waals surface area (Å²) < 4.78 is 0. The van der Waals surface area contributed by atoms with Gasteiger partial charge in [-0.15, -0.1) is 56.7 Å². The van der Waals surface area contributed by atoms with E-state index in [2.05, 4.69) is 69.3 Å². The maximum atomic E-state index is 11.5. The number of carbonyl (C=O) groups is 1. The first-order valence-electron chi connectivity index (χ1n) is 10.1. The molecule has 0 fully saturated rings. The summed E-state index contributed by atoms with van der Waals surface area (Å²) in [5.74, 6) is -0.792. The fourth-order valence-corrected chi connectivity index (χ4v) is 9.19. The monoisotopic (exact) mass is 512 g/mol. The molecule has 0 unspecified atom stereocenters. The smallest absolute Gasteiger partial charge is 0.307 e. The van der Waals surface area contributed by atoms with Crippen LogP contribution in [0.3, 0.4) is 0 Å². The van der Waals surface area contributed by atoms with Crippen molar-refractivity contribution in [3.63, 3.8) is 0 Å². The van der Waals surface area contributed by atoms with E-state index in [9.17, 15) is 9.90 Å². The third kappa shape index (κ3) is 4.28. The summed E-state index contributed by atoms with van der Waals surface area (Å²) in [6, 6.07) is 17.3. The Morgan fingerprint density at radius 3 is 1.75 bits per heavy atom. The second kappa shape index (κ2) is 8.72. The van der Waals surface area contributed by atoms with E-state index < -0.39 is 5.97 Å². The zero-order valence-electron chi connectivity index (χ0n) is 17.7. The minimum atomic E-state index is -0.792. The number of carboxylic acid groups (broad SMARTS) is 1. The summed E-state index contributed by atoms with van der Waals surface area (Å²) in [5, 5.41) is 9.47. The van der Waals surface area contributed by atoms with Crippen LogP contribution < -0.4 is 0 Å². The average Bonchev–Trinajstić information content (AvgIpc) is 3.51. The van der Waals surface area contributed by atoms with Crippen LogP contribution in [0.5, 0.6) is 0 Å². The molecule has 0 aromatic carbocycles. The fourth-order valence-electron chi connectivity index (χ4n) is 3.62. The maximum absolute atomic E-state index is 11.5. The summed E-state index contributed by atoms with van der Waals surface area (Å²) in [7, 11) is 0. The van der Waals surface area contributed by atoms with E-state index in [4.69, 9.17) is 0 Å². The molecule has 0 bridgehead atoms. The Kier molecular flexibility index (Phi) is 5.94. The second-order valence-corrected chi connectivity index (χ2v) is 13.4. The molecule has 0 spiro atoms. The highest BCUT2D eigenvalue weighted by atomic mass is 32.1. The molecule has 5 aromatic rings. The molecule has 5 rings (SSSR count). The molecule has 0 amide bonds. The molecular formula is C25H20O2S5. The third-order valence-corrected chi connectivity index (χ3v) is 11.3. The van der Waals surface area contributed by atoms with E-state index in [1.165, 1.54) is 39.7 Å². The second-order valence-electron chi connectivity index (χ2n) is 7.64. The molecule has 32 heavy (non-hydrogen) atoms. The normalized spacial score (nSPS) is 11.3. The predicted octanol–water partition coefficient (Wildman–Crippen LogP) is 9.21. The molecule has 5 aromatic heterocycles. The van der Waals surface area contributed by atoms with Gasteiger partial charge in [0.05, 0.1) is 6.42 Å². The van der Waals surface area contributed by atoms with Crippen LogP contribution in [0.2, 0.25) is 0 Å². The van der Waals surface area contributed by atoms with E-state index in [-0.39, 0.29) is 6.42 Å². The zero-order valence-corrected chi connectivity index (χ0v) is 21.8. The average molecular weight is 513 g/mol. The molecule has 162 valence electrons. The van der Waals surface area contributed by atoms with Crippen LogP contribution in [0.4, 0.5) is 0 Å². The van der Waals surface area contributed by atoms with Gasteiger partial charge in [-0.2, -0.15) is 0 Å². The number of aliphatic carboxylic acids is 1. The van der Waals surface area contributed by atoms with Crippen molar-refractivity contribution in [1.29, 1.82) is 0 Å². The van der Waals surface area contributed by atoms with Crippen LogP contribution in [0.15, 0.2) is 48.5 Å². The number of carboxylic acids is 1. The van der Waals surface area contributed by atoms with Crippen molar-refractivity contribution in [2.75, 3.05) is 0 Å². The molecule has 7 heteroatoms. The van der Waals surface area contributed by atoms with Gasteiger partial charge in [0.1, 0.15) is 0 Å². The minimum absolute atomic E-state index is 0.0450. The highest BCUT2D eigenvalue weighted by Crippen LogP contribution is 2.47. The van der Waals surface area contributed by atoms with Crippen molar-refractivity contribution >= 4 is 62.7 Å². The van der Waals surface area contributed by atoms with Crippen molar-refractivity contribution in [3.8, 4) is 39.0 Å². The number of aryl methyl sites for hydroxylation is 3. The molecule has 0 aliphatic heterocycles. The van der Waals surface area contributed by atoms with E-state index in [0.717, 1.165) is 20.2 Å². The van der Waals surface area contributed by atoms with Gasteiger partial charge in [-0.1, -0.05) is 0 Å². The lowest BCUT2D eigenvalue weighted by atomic mass is 10.1. The van der Waals surface area contributed by atoms with Gasteiger partial charge in [-0.25, -0.2) is 0 Å². The first-order chi connectivity index (χ1) is 15.4. The largest absolute Gasteiger partial charge is 0.481 e. The highest BCUT2D eigenvalue weighted by molar-refractivity contribution is 7.29. The van der Waals surface area contributed by atoms with Gasteiger partial charge in [0.2, 0.25) is 0 Å². The number of hydrogen-bond acceptors (Lipinski definition) is 6. The molecule has 0 atom stereocenters. The first-order valence-corrected chi connectivity index (χ1v) is 14.1. The third-order valence-electron chi connectivity index (χ3n) is 5.09. The van der Waals surface area contributed by atoms with E-state index in [0.29, 0.717) is 0 Å². The van der Waals surface area contributed by atoms with Crippen LogP contribution in [0.25, 0.3) is 39.0 Å². The Morgan fingerprint density at radius 1 is 0.656 bits per heavy atom. The lowest BCUT2D eigenvalue weighted by Gasteiger charge is -1.98. The summed E-state index contributed by atoms with van der Waals surface area (Å²) in [4.78, 5) is 23.8. The Labute approximate surface area is 207 Å². The molecular weight excluding hydrogens is 493 g/mol. The standard InChI is InChI=1S/C25H20O2S5/c1-13-10-21(17-6-4-14(2)28-17)31-24(13)19-8-9-20(30-19)25-16(12-23(26)27)11-22(32-25)18-7-5-15(3)29-18/h4-11H,12H2,1-3H3,(H,26,27). The van der Waals surface area contributed by atoms with Gasteiger partial charge in [-0.05, 0) is 80.4 Å². The van der Waals surface area contributed by atoms with Gasteiger partial charge >= 0.3 is 5.97 Å². The Bertz CT molecular complexity index is 1420. The van der Waals surface area contributed by atoms with Gasteiger partial charge in [0, 0.05) is 48.8 Å². The fraction of sp³-hybridized carbons (Fsp3) is 0.160. The van der Waals surface area contributed by atoms with E-state index >= 15 is 0 Å². The quantitative estimate of drug-likeness (QED) is 0.246. The van der Waals surface area contributed by atoms with Crippen LogP contribution >= 0.6 is 56.7 Å². The van der Waals surface area contributed by atoms with Crippen molar-refractivity contribution in [1.82, 2.24) is 0 Å². The summed E-state index contributed by atoms with van der Waals surface area (Å²) in [6.07, 6.45) is 0.0450. The lowest BCUT2D eigenvalue weighted by molar-refractivity contribution is -0.136. The summed E-state index contributed by atoms with van der Waals surface area (Å²) >= 11 is 8.88. The van der Waals surface area contributed by atoms with Gasteiger partial charge in [0.25, 0.3) is 0 Å². The molecule has 0 aliphatic rings. The van der Waals surface area contributed by atoms with Crippen molar-refractivity contribution in [3.05, 3.63) is 69.4 Å². The molecule has 5 heterocycles. The zero-order chi connectivity index (χ0) is 22.4. The van der Waals surface area contributed by atoms with E-state index in [1.54, 1.807) is 34.0 Å². The maximum Gasteiger partial charge on any atom is 0.307 e. The minimum Gasteiger partial charge on any atom is -0.481 e. The van der Waals surface area contributed by atoms with Crippen molar-refractivity contribution in [2.24, 2.45) is 0 Å². The van der Waals surface area contributed by atoms with E-state index in [1.807, 2.05) is 22.7 Å². The van der Waals surface area contributed by atoms with Crippen molar-refractivity contribution < 1.29 is 9.90 Å². The lowest BCUT2D eigenvalue weighted by Crippen LogP contribution is -1.99. The molecule has 1 N–H and O–H groups in total.